The maximum atomic E-state index is 12.9. The van der Waals surface area contributed by atoms with Gasteiger partial charge in [-0.05, 0) is 30.3 Å². The van der Waals surface area contributed by atoms with E-state index in [9.17, 15) is 14.4 Å². The Hall–Kier alpha value is -2.80. The summed E-state index contributed by atoms with van der Waals surface area (Å²) in [6, 6.07) is 10.5. The molecule has 1 aromatic carbocycles. The van der Waals surface area contributed by atoms with Crippen LogP contribution in [-0.4, -0.2) is 65.1 Å². The highest BCUT2D eigenvalue weighted by molar-refractivity contribution is 6.30. The Morgan fingerprint density at radius 2 is 1.83 bits per heavy atom. The summed E-state index contributed by atoms with van der Waals surface area (Å²) in [5.41, 5.74) is 0.548. The van der Waals surface area contributed by atoms with Crippen molar-refractivity contribution in [2.75, 3.05) is 32.7 Å². The monoisotopic (exact) mass is 415 g/mol. The van der Waals surface area contributed by atoms with Gasteiger partial charge in [-0.15, -0.1) is 0 Å². The van der Waals surface area contributed by atoms with E-state index in [4.69, 9.17) is 16.0 Å². The van der Waals surface area contributed by atoms with E-state index in [-0.39, 0.29) is 30.1 Å². The van der Waals surface area contributed by atoms with E-state index in [1.54, 1.807) is 51.3 Å². The first-order valence-electron chi connectivity index (χ1n) is 9.65. The first-order chi connectivity index (χ1) is 14.0. The van der Waals surface area contributed by atoms with Gasteiger partial charge in [0, 0.05) is 49.7 Å². The number of likely N-dealkylation sites (tertiary alicyclic amines) is 1. The number of piperazine rings is 1. The second-order valence-electron chi connectivity index (χ2n) is 7.38. The van der Waals surface area contributed by atoms with Crippen LogP contribution >= 0.6 is 11.6 Å². The van der Waals surface area contributed by atoms with Gasteiger partial charge in [-0.2, -0.15) is 0 Å². The lowest BCUT2D eigenvalue weighted by molar-refractivity contribution is -0.137. The molecular formula is C21H22ClN3O4. The van der Waals surface area contributed by atoms with Crippen molar-refractivity contribution in [3.05, 3.63) is 59.0 Å². The summed E-state index contributed by atoms with van der Waals surface area (Å²) in [6.45, 7) is 2.65. The summed E-state index contributed by atoms with van der Waals surface area (Å²) in [6.07, 6.45) is 1.80. The van der Waals surface area contributed by atoms with E-state index in [1.165, 1.54) is 0 Å². The molecule has 4 rings (SSSR count). The van der Waals surface area contributed by atoms with Gasteiger partial charge in [0.05, 0.1) is 18.7 Å². The minimum atomic E-state index is -0.340. The molecule has 0 saturated carbocycles. The Bertz CT molecular complexity index is 906. The highest BCUT2D eigenvalue weighted by atomic mass is 35.5. The predicted octanol–water partition coefficient (Wildman–Crippen LogP) is 2.27. The van der Waals surface area contributed by atoms with Crippen molar-refractivity contribution in [1.29, 1.82) is 0 Å². The average Bonchev–Trinajstić information content (AvgIpc) is 3.37. The van der Waals surface area contributed by atoms with Crippen molar-refractivity contribution in [3.8, 4) is 0 Å². The summed E-state index contributed by atoms with van der Waals surface area (Å²) in [5, 5.41) is 0.523. The van der Waals surface area contributed by atoms with Crippen LogP contribution in [0.3, 0.4) is 0 Å². The molecule has 3 heterocycles. The molecule has 1 atom stereocenters. The van der Waals surface area contributed by atoms with Gasteiger partial charge in [0.2, 0.25) is 11.8 Å². The molecule has 7 nitrogen and oxygen atoms in total. The third-order valence-corrected chi connectivity index (χ3v) is 5.68. The molecule has 8 heteroatoms. The molecule has 2 aliphatic heterocycles. The molecule has 152 valence electrons. The van der Waals surface area contributed by atoms with Gasteiger partial charge in [0.15, 0.2) is 0 Å². The highest BCUT2D eigenvalue weighted by Gasteiger charge is 2.37. The summed E-state index contributed by atoms with van der Waals surface area (Å²) in [5.74, 6) is 0.233. The quantitative estimate of drug-likeness (QED) is 0.767. The lowest BCUT2D eigenvalue weighted by atomic mass is 10.1. The van der Waals surface area contributed by atoms with Gasteiger partial charge in [0.1, 0.15) is 5.76 Å². The van der Waals surface area contributed by atoms with Crippen LogP contribution in [0.15, 0.2) is 47.1 Å². The molecule has 1 aromatic heterocycles. The number of halogens is 1. The molecule has 29 heavy (non-hydrogen) atoms. The van der Waals surface area contributed by atoms with Crippen LogP contribution in [0.5, 0.6) is 0 Å². The minimum Gasteiger partial charge on any atom is -0.467 e. The SMILES string of the molecule is O=C1C[C@H](C(=O)N2CCN(C(=O)c3cccc(Cl)c3)CC2)CN1Cc1ccco1. The number of rotatable bonds is 4. The Morgan fingerprint density at radius 3 is 2.52 bits per heavy atom. The zero-order valence-electron chi connectivity index (χ0n) is 15.9. The van der Waals surface area contributed by atoms with Crippen LogP contribution in [0.2, 0.25) is 5.02 Å². The molecule has 3 amide bonds. The van der Waals surface area contributed by atoms with Crippen molar-refractivity contribution in [2.24, 2.45) is 5.92 Å². The summed E-state index contributed by atoms with van der Waals surface area (Å²) in [4.78, 5) is 42.9. The minimum absolute atomic E-state index is 0.0184. The molecule has 2 fully saturated rings. The van der Waals surface area contributed by atoms with Crippen molar-refractivity contribution >= 4 is 29.3 Å². The van der Waals surface area contributed by atoms with E-state index in [1.807, 2.05) is 6.07 Å². The first kappa shape index (κ1) is 19.5. The summed E-state index contributed by atoms with van der Waals surface area (Å²) < 4.78 is 5.30. The largest absolute Gasteiger partial charge is 0.467 e. The number of hydrogen-bond donors (Lipinski definition) is 0. The predicted molar refractivity (Wildman–Crippen MR) is 106 cm³/mol. The number of carbonyl (C=O) groups is 3. The highest BCUT2D eigenvalue weighted by Crippen LogP contribution is 2.23. The number of furan rings is 1. The van der Waals surface area contributed by atoms with E-state index in [0.717, 1.165) is 0 Å². The third kappa shape index (κ3) is 4.29. The topological polar surface area (TPSA) is 74.1 Å². The zero-order valence-corrected chi connectivity index (χ0v) is 16.7. The Kier molecular flexibility index (Phi) is 5.58. The smallest absolute Gasteiger partial charge is 0.254 e. The van der Waals surface area contributed by atoms with Crippen LogP contribution in [0.25, 0.3) is 0 Å². The van der Waals surface area contributed by atoms with Gasteiger partial charge in [-0.1, -0.05) is 17.7 Å². The van der Waals surface area contributed by atoms with Crippen molar-refractivity contribution in [1.82, 2.24) is 14.7 Å². The van der Waals surface area contributed by atoms with Crippen LogP contribution in [-0.2, 0) is 16.1 Å². The van der Waals surface area contributed by atoms with E-state index >= 15 is 0 Å². The van der Waals surface area contributed by atoms with Crippen molar-refractivity contribution < 1.29 is 18.8 Å². The standard InChI is InChI=1S/C21H22ClN3O4/c22-17-4-1-3-15(11-17)20(27)23-6-8-24(9-7-23)21(28)16-12-19(26)25(13-16)14-18-5-2-10-29-18/h1-5,10-11,16H,6-9,12-14H2/t16-/m0/s1. The van der Waals surface area contributed by atoms with Crippen LogP contribution < -0.4 is 0 Å². The number of benzene rings is 1. The molecule has 0 bridgehead atoms. The maximum Gasteiger partial charge on any atom is 0.254 e. The number of amides is 3. The van der Waals surface area contributed by atoms with Crippen molar-refractivity contribution in [2.45, 2.75) is 13.0 Å². The van der Waals surface area contributed by atoms with Gasteiger partial charge in [-0.25, -0.2) is 0 Å². The lowest BCUT2D eigenvalue weighted by Crippen LogP contribution is -2.52. The fourth-order valence-corrected chi connectivity index (χ4v) is 4.06. The van der Waals surface area contributed by atoms with Crippen LogP contribution in [0.4, 0.5) is 0 Å². The summed E-state index contributed by atoms with van der Waals surface area (Å²) in [7, 11) is 0. The molecule has 0 spiro atoms. The fourth-order valence-electron chi connectivity index (χ4n) is 3.87. The van der Waals surface area contributed by atoms with Gasteiger partial charge in [0.25, 0.3) is 5.91 Å². The van der Waals surface area contributed by atoms with E-state index < -0.39 is 0 Å². The zero-order chi connectivity index (χ0) is 20.4. The van der Waals surface area contributed by atoms with Gasteiger partial charge in [-0.3, -0.25) is 14.4 Å². The van der Waals surface area contributed by atoms with Crippen LogP contribution in [0, 0.1) is 5.92 Å². The molecule has 0 aliphatic carbocycles. The van der Waals surface area contributed by atoms with Gasteiger partial charge < -0.3 is 19.1 Å². The molecule has 2 saturated heterocycles. The van der Waals surface area contributed by atoms with E-state index in [0.29, 0.717) is 55.6 Å². The number of carbonyl (C=O) groups excluding carboxylic acids is 3. The Labute approximate surface area is 173 Å². The molecule has 2 aliphatic rings. The lowest BCUT2D eigenvalue weighted by Gasteiger charge is -2.36. The molecule has 0 unspecified atom stereocenters. The average molecular weight is 416 g/mol. The molecular weight excluding hydrogens is 394 g/mol. The van der Waals surface area contributed by atoms with E-state index in [2.05, 4.69) is 0 Å². The fraction of sp³-hybridized carbons (Fsp3) is 0.381. The third-order valence-electron chi connectivity index (χ3n) is 5.44. The Morgan fingerprint density at radius 1 is 1.07 bits per heavy atom. The normalized spacial score (nSPS) is 19.7. The maximum absolute atomic E-state index is 12.9. The van der Waals surface area contributed by atoms with Crippen LogP contribution in [0.1, 0.15) is 22.5 Å². The second kappa shape index (κ2) is 8.29. The molecule has 0 radical (unpaired) electrons. The second-order valence-corrected chi connectivity index (χ2v) is 7.82. The number of hydrogen-bond acceptors (Lipinski definition) is 4. The van der Waals surface area contributed by atoms with Crippen molar-refractivity contribution in [3.63, 3.8) is 0 Å². The molecule has 0 N–H and O–H groups in total. The first-order valence-corrected chi connectivity index (χ1v) is 10.0. The molecule has 2 aromatic rings. The number of nitrogens with zero attached hydrogens (tertiary/aromatic N) is 3. The summed E-state index contributed by atoms with van der Waals surface area (Å²) >= 11 is 5.97. The van der Waals surface area contributed by atoms with Gasteiger partial charge >= 0.3 is 0 Å². The Balaban J connectivity index is 1.31.